The van der Waals surface area contributed by atoms with Gasteiger partial charge >= 0.3 is 0 Å². The molecule has 0 aliphatic carbocycles. The van der Waals surface area contributed by atoms with E-state index in [2.05, 4.69) is 17.9 Å². The molecule has 1 unspecified atom stereocenters. The van der Waals surface area contributed by atoms with E-state index in [1.165, 1.54) is 0 Å². The van der Waals surface area contributed by atoms with Crippen LogP contribution in [0.1, 0.15) is 6.92 Å². The smallest absolute Gasteiger partial charge is 0.179 e. The van der Waals surface area contributed by atoms with Crippen molar-refractivity contribution in [3.8, 4) is 5.75 Å². The van der Waals surface area contributed by atoms with Crippen LogP contribution >= 0.6 is 11.6 Å². The van der Waals surface area contributed by atoms with Crippen LogP contribution in [0.25, 0.3) is 0 Å². The number of rotatable bonds is 7. The van der Waals surface area contributed by atoms with Crippen LogP contribution < -0.4 is 9.64 Å². The molecule has 0 bridgehead atoms. The van der Waals surface area contributed by atoms with Crippen molar-refractivity contribution in [3.05, 3.63) is 53.6 Å². The molecule has 146 valence electrons. The zero-order valence-electron chi connectivity index (χ0n) is 15.6. The van der Waals surface area contributed by atoms with E-state index >= 15 is 0 Å². The Morgan fingerprint density at radius 2 is 1.89 bits per heavy atom. The molecule has 1 heterocycles. The van der Waals surface area contributed by atoms with Crippen LogP contribution in [0.5, 0.6) is 5.75 Å². The summed E-state index contributed by atoms with van der Waals surface area (Å²) in [4.78, 5) is 4.61. The molecule has 2 aromatic carbocycles. The number of para-hydroxylation sites is 2. The van der Waals surface area contributed by atoms with E-state index in [1.807, 2.05) is 30.1 Å². The first-order valence-electron chi connectivity index (χ1n) is 9.06. The van der Waals surface area contributed by atoms with Gasteiger partial charge in [-0.3, -0.25) is 0 Å². The van der Waals surface area contributed by atoms with Crippen molar-refractivity contribution >= 4 is 27.1 Å². The molecule has 0 amide bonds. The minimum atomic E-state index is -3.33. The van der Waals surface area contributed by atoms with Crippen molar-refractivity contribution < 1.29 is 13.2 Å². The highest BCUT2D eigenvalue weighted by atomic mass is 35.5. The zero-order chi connectivity index (χ0) is 19.4. The van der Waals surface area contributed by atoms with Crippen LogP contribution in [0.4, 0.5) is 5.69 Å². The Labute approximate surface area is 166 Å². The Morgan fingerprint density at radius 1 is 1.19 bits per heavy atom. The molecule has 7 heteroatoms. The highest BCUT2D eigenvalue weighted by molar-refractivity contribution is 7.91. The number of benzene rings is 2. The van der Waals surface area contributed by atoms with Crippen LogP contribution in [0.3, 0.4) is 0 Å². The van der Waals surface area contributed by atoms with Gasteiger partial charge in [-0.1, -0.05) is 23.7 Å². The van der Waals surface area contributed by atoms with E-state index in [-0.39, 0.29) is 11.9 Å². The molecule has 0 aromatic heterocycles. The molecular weight excluding hydrogens is 384 g/mol. The highest BCUT2D eigenvalue weighted by Crippen LogP contribution is 2.32. The number of ether oxygens (including phenoxy) is 1. The summed E-state index contributed by atoms with van der Waals surface area (Å²) in [7, 11) is -1.40. The van der Waals surface area contributed by atoms with Gasteiger partial charge in [0, 0.05) is 24.7 Å². The average molecular weight is 409 g/mol. The number of hydrogen-bond acceptors (Lipinski definition) is 5. The van der Waals surface area contributed by atoms with E-state index in [0.717, 1.165) is 24.5 Å². The molecule has 1 atom stereocenters. The summed E-state index contributed by atoms with van der Waals surface area (Å²) >= 11 is 5.84. The molecule has 2 aromatic rings. The van der Waals surface area contributed by atoms with Gasteiger partial charge in [0.05, 0.1) is 22.9 Å². The number of nitrogens with zero attached hydrogens (tertiary/aromatic N) is 2. The molecule has 3 rings (SSSR count). The van der Waals surface area contributed by atoms with Crippen molar-refractivity contribution in [1.29, 1.82) is 0 Å². The van der Waals surface area contributed by atoms with Crippen molar-refractivity contribution in [2.75, 3.05) is 43.9 Å². The first-order chi connectivity index (χ1) is 12.9. The maximum atomic E-state index is 12.5. The Balaban J connectivity index is 1.58. The Hall–Kier alpha value is -1.76. The predicted molar refractivity (Wildman–Crippen MR) is 110 cm³/mol. The Morgan fingerprint density at radius 3 is 2.59 bits per heavy atom. The first kappa shape index (κ1) is 20.0. The molecule has 0 saturated carbocycles. The fourth-order valence-electron chi connectivity index (χ4n) is 3.25. The number of fused-ring (bicyclic) bond motifs is 1. The van der Waals surface area contributed by atoms with Crippen LogP contribution in [-0.4, -0.2) is 58.4 Å². The summed E-state index contributed by atoms with van der Waals surface area (Å²) in [5, 5.41) is 0.529. The molecule has 1 aliphatic rings. The molecule has 27 heavy (non-hydrogen) atoms. The number of hydrogen-bond donors (Lipinski definition) is 0. The maximum Gasteiger partial charge on any atom is 0.179 e. The molecule has 0 fully saturated rings. The largest absolute Gasteiger partial charge is 0.485 e. The Kier molecular flexibility index (Phi) is 6.29. The Bertz CT molecular complexity index is 871. The van der Waals surface area contributed by atoms with Crippen LogP contribution in [0.15, 0.2) is 53.4 Å². The summed E-state index contributed by atoms with van der Waals surface area (Å²) in [6, 6.07) is 14.3. The predicted octanol–water partition coefficient (Wildman–Crippen LogP) is 3.33. The minimum absolute atomic E-state index is 0.00286. The van der Waals surface area contributed by atoms with Gasteiger partial charge in [-0.05, 0) is 50.4 Å². The lowest BCUT2D eigenvalue weighted by Gasteiger charge is -2.37. The number of halogens is 1. The summed E-state index contributed by atoms with van der Waals surface area (Å²) in [6.45, 7) is 4.94. The first-order valence-corrected chi connectivity index (χ1v) is 11.1. The van der Waals surface area contributed by atoms with Gasteiger partial charge in [-0.2, -0.15) is 0 Å². The standard InChI is InChI=1S/C20H25ClN2O3S/c1-3-23-15-17(26-20-7-5-4-6-19(20)23)14-22(2)12-13-27(24,25)18-10-8-16(21)9-11-18/h4-11,17H,3,12-15H2,1-2H3. The number of likely N-dealkylation sites (N-methyl/N-ethyl adjacent to an activating group) is 2. The van der Waals surface area contributed by atoms with Gasteiger partial charge in [-0.15, -0.1) is 0 Å². The lowest BCUT2D eigenvalue weighted by molar-refractivity contribution is 0.146. The van der Waals surface area contributed by atoms with Gasteiger partial charge < -0.3 is 14.5 Å². The average Bonchev–Trinajstić information content (AvgIpc) is 2.66. The van der Waals surface area contributed by atoms with Gasteiger partial charge in [0.1, 0.15) is 11.9 Å². The maximum absolute atomic E-state index is 12.5. The van der Waals surface area contributed by atoms with Crippen LogP contribution in [0, 0.1) is 0 Å². The molecule has 5 nitrogen and oxygen atoms in total. The van der Waals surface area contributed by atoms with Gasteiger partial charge in [-0.25, -0.2) is 8.42 Å². The molecule has 0 saturated heterocycles. The summed E-state index contributed by atoms with van der Waals surface area (Å²) in [5.41, 5.74) is 1.12. The van der Waals surface area contributed by atoms with E-state index in [9.17, 15) is 8.42 Å². The SMILES string of the molecule is CCN1CC(CN(C)CCS(=O)(=O)c2ccc(Cl)cc2)Oc2ccccc21. The monoisotopic (exact) mass is 408 g/mol. The van der Waals surface area contributed by atoms with E-state index in [4.69, 9.17) is 16.3 Å². The van der Waals surface area contributed by atoms with Gasteiger partial charge in [0.25, 0.3) is 0 Å². The minimum Gasteiger partial charge on any atom is -0.485 e. The molecule has 0 N–H and O–H groups in total. The van der Waals surface area contributed by atoms with E-state index in [0.29, 0.717) is 23.0 Å². The van der Waals surface area contributed by atoms with Crippen molar-refractivity contribution in [2.24, 2.45) is 0 Å². The zero-order valence-corrected chi connectivity index (χ0v) is 17.2. The molecule has 0 spiro atoms. The second kappa shape index (κ2) is 8.50. The fraction of sp³-hybridized carbons (Fsp3) is 0.400. The lowest BCUT2D eigenvalue weighted by Crippen LogP contribution is -2.46. The van der Waals surface area contributed by atoms with E-state index in [1.54, 1.807) is 24.3 Å². The topological polar surface area (TPSA) is 49.9 Å². The molecular formula is C20H25ClN2O3S. The van der Waals surface area contributed by atoms with E-state index < -0.39 is 9.84 Å². The molecule has 1 aliphatic heterocycles. The van der Waals surface area contributed by atoms with Crippen molar-refractivity contribution in [2.45, 2.75) is 17.9 Å². The van der Waals surface area contributed by atoms with Crippen molar-refractivity contribution in [1.82, 2.24) is 4.90 Å². The third kappa shape index (κ3) is 4.94. The third-order valence-electron chi connectivity index (χ3n) is 4.74. The summed E-state index contributed by atoms with van der Waals surface area (Å²) in [5.74, 6) is 0.948. The second-order valence-corrected chi connectivity index (χ2v) is 9.33. The fourth-order valence-corrected chi connectivity index (χ4v) is 4.71. The third-order valence-corrected chi connectivity index (χ3v) is 6.70. The van der Waals surface area contributed by atoms with Crippen LogP contribution in [-0.2, 0) is 9.84 Å². The quantitative estimate of drug-likeness (QED) is 0.703. The normalized spacial score (nSPS) is 16.9. The highest BCUT2D eigenvalue weighted by Gasteiger charge is 2.26. The second-order valence-electron chi connectivity index (χ2n) is 6.78. The van der Waals surface area contributed by atoms with Crippen LogP contribution in [0.2, 0.25) is 5.02 Å². The molecule has 0 radical (unpaired) electrons. The number of sulfone groups is 1. The lowest BCUT2D eigenvalue weighted by atomic mass is 10.2. The van der Waals surface area contributed by atoms with Gasteiger partial charge in [0.2, 0.25) is 0 Å². The number of anilines is 1. The summed E-state index contributed by atoms with van der Waals surface area (Å²) < 4.78 is 31.1. The van der Waals surface area contributed by atoms with Gasteiger partial charge in [0.15, 0.2) is 9.84 Å². The summed E-state index contributed by atoms with van der Waals surface area (Å²) in [6.07, 6.45) is 0.00286. The van der Waals surface area contributed by atoms with Crippen molar-refractivity contribution in [3.63, 3.8) is 0 Å².